The van der Waals surface area contributed by atoms with Gasteiger partial charge in [0, 0.05) is 26.2 Å². The van der Waals surface area contributed by atoms with E-state index in [2.05, 4.69) is 0 Å². The summed E-state index contributed by atoms with van der Waals surface area (Å²) in [6.07, 6.45) is 1.58. The van der Waals surface area contributed by atoms with Crippen LogP contribution in [0.25, 0.3) is 0 Å². The lowest BCUT2D eigenvalue weighted by Gasteiger charge is -2.47. The fraction of sp³-hybridized carbons (Fsp3) is 0.909. The summed E-state index contributed by atoms with van der Waals surface area (Å²) in [5.74, 6) is -1.58. The molecule has 1 unspecified atom stereocenters. The lowest BCUT2D eigenvalue weighted by Crippen LogP contribution is -2.66. The van der Waals surface area contributed by atoms with Crippen LogP contribution in [0.2, 0.25) is 0 Å². The van der Waals surface area contributed by atoms with Crippen molar-refractivity contribution in [3.05, 3.63) is 0 Å². The van der Waals surface area contributed by atoms with Crippen molar-refractivity contribution in [2.75, 3.05) is 26.2 Å². The summed E-state index contributed by atoms with van der Waals surface area (Å²) >= 11 is 0. The summed E-state index contributed by atoms with van der Waals surface area (Å²) in [4.78, 5) is 11.0. The molecule has 0 aliphatic carbocycles. The molecular formula is C11H20N2O5S. The Kier molecular flexibility index (Phi) is 3.87. The van der Waals surface area contributed by atoms with Gasteiger partial charge in [0.25, 0.3) is 10.2 Å². The number of carboxylic acids is 1. The van der Waals surface area contributed by atoms with Crippen molar-refractivity contribution in [2.24, 2.45) is 5.92 Å². The van der Waals surface area contributed by atoms with Gasteiger partial charge in [0.2, 0.25) is 0 Å². The van der Waals surface area contributed by atoms with Crippen molar-refractivity contribution >= 4 is 16.2 Å². The van der Waals surface area contributed by atoms with Gasteiger partial charge in [0.1, 0.15) is 0 Å². The molecule has 0 spiro atoms. The number of hydrogen-bond acceptors (Lipinski definition) is 4. The molecule has 0 radical (unpaired) electrons. The van der Waals surface area contributed by atoms with E-state index >= 15 is 0 Å². The minimum absolute atomic E-state index is 0.0265. The molecule has 2 heterocycles. The number of aliphatic hydroxyl groups is 1. The van der Waals surface area contributed by atoms with Gasteiger partial charge in [-0.3, -0.25) is 4.79 Å². The van der Waals surface area contributed by atoms with Crippen LogP contribution in [0.1, 0.15) is 26.2 Å². The normalized spacial score (nSPS) is 28.8. The van der Waals surface area contributed by atoms with Crippen molar-refractivity contribution in [1.29, 1.82) is 0 Å². The number of nitrogens with zero attached hydrogens (tertiary/aromatic N) is 2. The number of β-amino-alcohol motifs (C(OH)–C–C–N with tert-alkyl or cyclic N) is 1. The van der Waals surface area contributed by atoms with E-state index in [-0.39, 0.29) is 19.6 Å². The number of hydrogen-bond donors (Lipinski definition) is 2. The van der Waals surface area contributed by atoms with Crippen LogP contribution in [0.3, 0.4) is 0 Å². The van der Waals surface area contributed by atoms with Gasteiger partial charge in [-0.05, 0) is 19.3 Å². The highest BCUT2D eigenvalue weighted by Crippen LogP contribution is 2.30. The molecule has 1 atom stereocenters. The van der Waals surface area contributed by atoms with Crippen LogP contribution in [0.4, 0.5) is 0 Å². The van der Waals surface area contributed by atoms with E-state index in [1.54, 1.807) is 0 Å². The fourth-order valence-electron chi connectivity index (χ4n) is 2.51. The van der Waals surface area contributed by atoms with Gasteiger partial charge in [-0.2, -0.15) is 17.0 Å². The average molecular weight is 292 g/mol. The molecule has 0 saturated carbocycles. The molecule has 2 N–H and O–H groups in total. The number of rotatable bonds is 4. The minimum Gasteiger partial charge on any atom is -0.481 e. The van der Waals surface area contributed by atoms with Gasteiger partial charge >= 0.3 is 5.97 Å². The zero-order valence-electron chi connectivity index (χ0n) is 10.9. The van der Waals surface area contributed by atoms with E-state index in [0.29, 0.717) is 25.8 Å². The Labute approximate surface area is 113 Å². The van der Waals surface area contributed by atoms with Crippen LogP contribution in [0.15, 0.2) is 0 Å². The van der Waals surface area contributed by atoms with Crippen LogP contribution in [-0.4, -0.2) is 65.0 Å². The number of carbonyl (C=O) groups is 1. The topological polar surface area (TPSA) is 98.2 Å². The summed E-state index contributed by atoms with van der Waals surface area (Å²) in [6, 6.07) is 0. The van der Waals surface area contributed by atoms with Crippen molar-refractivity contribution in [3.8, 4) is 0 Å². The Morgan fingerprint density at radius 1 is 1.37 bits per heavy atom. The molecule has 0 aromatic heterocycles. The first kappa shape index (κ1) is 14.7. The summed E-state index contributed by atoms with van der Waals surface area (Å²) in [5.41, 5.74) is -0.922. The molecule has 110 valence electrons. The molecule has 0 bridgehead atoms. The maximum atomic E-state index is 12.3. The third-order valence-electron chi connectivity index (χ3n) is 3.99. The molecule has 19 heavy (non-hydrogen) atoms. The second kappa shape index (κ2) is 5.01. The van der Waals surface area contributed by atoms with Crippen molar-refractivity contribution < 1.29 is 23.4 Å². The standard InChI is InChI=1S/C11H20N2O5S/c1-2-11(16)7-13(8-11)19(17,18)12-5-3-4-9(6-12)10(14)15/h9,16H,2-8H2,1H3,(H,14,15). The second-order valence-corrected chi connectivity index (χ2v) is 7.32. The summed E-state index contributed by atoms with van der Waals surface area (Å²) in [5, 5.41) is 18.8. The van der Waals surface area contributed by atoms with E-state index in [1.807, 2.05) is 6.92 Å². The van der Waals surface area contributed by atoms with Gasteiger partial charge in [-0.25, -0.2) is 0 Å². The highest BCUT2D eigenvalue weighted by molar-refractivity contribution is 7.86. The third kappa shape index (κ3) is 2.76. The predicted molar refractivity (Wildman–Crippen MR) is 67.7 cm³/mol. The van der Waals surface area contributed by atoms with Gasteiger partial charge in [-0.15, -0.1) is 0 Å². The molecule has 8 heteroatoms. The SMILES string of the molecule is CCC1(O)CN(S(=O)(=O)N2CCCC(C(=O)O)C2)C1. The maximum absolute atomic E-state index is 12.3. The summed E-state index contributed by atoms with van der Waals surface area (Å²) in [6.45, 7) is 2.39. The molecule has 2 rings (SSSR count). The third-order valence-corrected chi connectivity index (χ3v) is 5.88. The van der Waals surface area contributed by atoms with E-state index in [0.717, 1.165) is 0 Å². The first-order valence-electron chi connectivity index (χ1n) is 6.49. The lowest BCUT2D eigenvalue weighted by molar-refractivity contribution is -0.143. The van der Waals surface area contributed by atoms with Gasteiger partial charge in [0.05, 0.1) is 11.5 Å². The average Bonchev–Trinajstić information content (AvgIpc) is 2.35. The molecule has 7 nitrogen and oxygen atoms in total. The Hall–Kier alpha value is -0.700. The first-order valence-corrected chi connectivity index (χ1v) is 7.88. The van der Waals surface area contributed by atoms with Crippen LogP contribution in [0.5, 0.6) is 0 Å². The fourth-order valence-corrected chi connectivity index (χ4v) is 4.38. The second-order valence-electron chi connectivity index (χ2n) is 5.39. The lowest BCUT2D eigenvalue weighted by atomic mass is 9.94. The van der Waals surface area contributed by atoms with Gasteiger partial charge in [-0.1, -0.05) is 6.92 Å². The molecule has 2 aliphatic heterocycles. The Bertz CT molecular complexity index is 458. The molecule has 2 fully saturated rings. The number of piperidine rings is 1. The van der Waals surface area contributed by atoms with Gasteiger partial charge in [0.15, 0.2) is 0 Å². The summed E-state index contributed by atoms with van der Waals surface area (Å²) in [7, 11) is -3.63. The molecule has 0 aromatic rings. The largest absolute Gasteiger partial charge is 0.481 e. The highest BCUT2D eigenvalue weighted by atomic mass is 32.2. The Morgan fingerprint density at radius 3 is 2.53 bits per heavy atom. The minimum atomic E-state index is -3.63. The van der Waals surface area contributed by atoms with E-state index < -0.39 is 27.7 Å². The van der Waals surface area contributed by atoms with Crippen molar-refractivity contribution in [3.63, 3.8) is 0 Å². The molecular weight excluding hydrogens is 272 g/mol. The Morgan fingerprint density at radius 2 is 2.00 bits per heavy atom. The smallest absolute Gasteiger partial charge is 0.307 e. The van der Waals surface area contributed by atoms with Crippen LogP contribution >= 0.6 is 0 Å². The number of aliphatic carboxylic acids is 1. The van der Waals surface area contributed by atoms with E-state index in [9.17, 15) is 18.3 Å². The zero-order chi connectivity index (χ0) is 14.3. The van der Waals surface area contributed by atoms with Crippen LogP contribution < -0.4 is 0 Å². The highest BCUT2D eigenvalue weighted by Gasteiger charge is 2.48. The zero-order valence-corrected chi connectivity index (χ0v) is 11.8. The summed E-state index contributed by atoms with van der Waals surface area (Å²) < 4.78 is 27.0. The number of carboxylic acid groups (broad SMARTS) is 1. The first-order chi connectivity index (χ1) is 8.78. The van der Waals surface area contributed by atoms with E-state index in [1.165, 1.54) is 8.61 Å². The Balaban J connectivity index is 2.03. The van der Waals surface area contributed by atoms with Crippen molar-refractivity contribution in [1.82, 2.24) is 8.61 Å². The van der Waals surface area contributed by atoms with Crippen molar-refractivity contribution in [2.45, 2.75) is 31.8 Å². The monoisotopic (exact) mass is 292 g/mol. The molecule has 0 aromatic carbocycles. The maximum Gasteiger partial charge on any atom is 0.307 e. The van der Waals surface area contributed by atoms with Gasteiger partial charge < -0.3 is 10.2 Å². The molecule has 2 saturated heterocycles. The molecule has 0 amide bonds. The predicted octanol–water partition coefficient (Wildman–Crippen LogP) is -0.515. The molecule has 2 aliphatic rings. The quantitative estimate of drug-likeness (QED) is 0.727. The van der Waals surface area contributed by atoms with E-state index in [4.69, 9.17) is 5.11 Å². The van der Waals surface area contributed by atoms with Crippen LogP contribution in [0, 0.1) is 5.92 Å². The van der Waals surface area contributed by atoms with Crippen LogP contribution in [-0.2, 0) is 15.0 Å².